The van der Waals surface area contributed by atoms with Gasteiger partial charge in [0.15, 0.2) is 0 Å². The average molecular weight is 221 g/mol. The Bertz CT molecular complexity index is 340. The van der Waals surface area contributed by atoms with Crippen LogP contribution in [0.2, 0.25) is 0 Å². The van der Waals surface area contributed by atoms with Crippen LogP contribution in [-0.2, 0) is 0 Å². The number of hydrogen-bond donors (Lipinski definition) is 2. The predicted molar refractivity (Wildman–Crippen MR) is 63.5 cm³/mol. The Kier molecular flexibility index (Phi) is 3.80. The van der Waals surface area contributed by atoms with Gasteiger partial charge in [0, 0.05) is 24.1 Å². The third-order valence-corrected chi connectivity index (χ3v) is 3.30. The molecule has 1 aromatic carbocycles. The SMILES string of the molecule is COc1ccccc1C1NCCCC1CO. The van der Waals surface area contributed by atoms with Crippen molar-refractivity contribution in [2.45, 2.75) is 18.9 Å². The van der Waals surface area contributed by atoms with Crippen molar-refractivity contribution in [1.29, 1.82) is 0 Å². The molecule has 0 bridgehead atoms. The summed E-state index contributed by atoms with van der Waals surface area (Å²) in [5, 5.41) is 12.9. The van der Waals surface area contributed by atoms with E-state index < -0.39 is 0 Å². The van der Waals surface area contributed by atoms with Crippen LogP contribution in [0.25, 0.3) is 0 Å². The number of aliphatic hydroxyl groups is 1. The first-order valence-electron chi connectivity index (χ1n) is 5.84. The van der Waals surface area contributed by atoms with Crippen molar-refractivity contribution >= 4 is 0 Å². The largest absolute Gasteiger partial charge is 0.496 e. The minimum atomic E-state index is 0.217. The van der Waals surface area contributed by atoms with Gasteiger partial charge in [0.1, 0.15) is 5.75 Å². The lowest BCUT2D eigenvalue weighted by atomic mass is 9.86. The lowest BCUT2D eigenvalue weighted by Crippen LogP contribution is -2.36. The number of para-hydroxylation sites is 1. The van der Waals surface area contributed by atoms with Gasteiger partial charge < -0.3 is 15.2 Å². The number of benzene rings is 1. The molecule has 2 unspecified atom stereocenters. The van der Waals surface area contributed by atoms with Gasteiger partial charge in [-0.2, -0.15) is 0 Å². The number of rotatable bonds is 3. The molecular formula is C13H19NO2. The van der Waals surface area contributed by atoms with Crippen LogP contribution in [0.1, 0.15) is 24.4 Å². The zero-order chi connectivity index (χ0) is 11.4. The predicted octanol–water partition coefficient (Wildman–Crippen LogP) is 1.73. The summed E-state index contributed by atoms with van der Waals surface area (Å²) in [5.74, 6) is 1.20. The molecule has 0 amide bonds. The van der Waals surface area contributed by atoms with E-state index in [4.69, 9.17) is 4.74 Å². The number of nitrogens with one attached hydrogen (secondary N) is 1. The third kappa shape index (κ3) is 2.20. The molecule has 3 heteroatoms. The standard InChI is InChI=1S/C13H19NO2/c1-16-12-7-3-2-6-11(12)13-10(9-15)5-4-8-14-13/h2-3,6-7,10,13-15H,4-5,8-9H2,1H3. The molecule has 1 saturated heterocycles. The summed E-state index contributed by atoms with van der Waals surface area (Å²) in [6, 6.07) is 8.25. The Labute approximate surface area is 96.4 Å². The maximum absolute atomic E-state index is 9.41. The molecule has 2 N–H and O–H groups in total. The summed E-state index contributed by atoms with van der Waals surface area (Å²) < 4.78 is 5.37. The van der Waals surface area contributed by atoms with Gasteiger partial charge in [0.2, 0.25) is 0 Å². The van der Waals surface area contributed by atoms with Crippen LogP contribution in [0.15, 0.2) is 24.3 Å². The van der Waals surface area contributed by atoms with Crippen molar-refractivity contribution < 1.29 is 9.84 Å². The van der Waals surface area contributed by atoms with E-state index in [1.165, 1.54) is 0 Å². The van der Waals surface area contributed by atoms with Crippen LogP contribution in [0, 0.1) is 5.92 Å². The first-order valence-corrected chi connectivity index (χ1v) is 5.84. The van der Waals surface area contributed by atoms with Crippen LogP contribution in [-0.4, -0.2) is 25.4 Å². The van der Waals surface area contributed by atoms with Gasteiger partial charge in [-0.25, -0.2) is 0 Å². The van der Waals surface area contributed by atoms with Crippen molar-refractivity contribution in [3.05, 3.63) is 29.8 Å². The van der Waals surface area contributed by atoms with E-state index in [1.54, 1.807) is 7.11 Å². The number of ether oxygens (including phenoxy) is 1. The zero-order valence-corrected chi connectivity index (χ0v) is 9.65. The van der Waals surface area contributed by atoms with Gasteiger partial charge in [0.05, 0.1) is 7.11 Å². The number of hydrogen-bond acceptors (Lipinski definition) is 3. The van der Waals surface area contributed by atoms with Gasteiger partial charge in [0.25, 0.3) is 0 Å². The van der Waals surface area contributed by atoms with Crippen LogP contribution >= 0.6 is 0 Å². The summed E-state index contributed by atoms with van der Waals surface area (Å²) in [4.78, 5) is 0. The molecular weight excluding hydrogens is 202 g/mol. The molecule has 0 radical (unpaired) electrons. The van der Waals surface area contributed by atoms with Gasteiger partial charge in [-0.1, -0.05) is 18.2 Å². The summed E-state index contributed by atoms with van der Waals surface area (Å²) in [5.41, 5.74) is 1.16. The van der Waals surface area contributed by atoms with E-state index in [9.17, 15) is 5.11 Å². The average Bonchev–Trinajstić information content (AvgIpc) is 2.38. The van der Waals surface area contributed by atoms with Crippen LogP contribution in [0.5, 0.6) is 5.75 Å². The van der Waals surface area contributed by atoms with E-state index in [2.05, 4.69) is 11.4 Å². The highest BCUT2D eigenvalue weighted by Crippen LogP contribution is 2.33. The molecule has 2 atom stereocenters. The number of methoxy groups -OCH3 is 1. The van der Waals surface area contributed by atoms with Crippen molar-refractivity contribution in [3.63, 3.8) is 0 Å². The van der Waals surface area contributed by atoms with Gasteiger partial charge >= 0.3 is 0 Å². The Morgan fingerprint density at radius 1 is 1.44 bits per heavy atom. The molecule has 1 aliphatic heterocycles. The Hall–Kier alpha value is -1.06. The second-order valence-electron chi connectivity index (χ2n) is 4.26. The zero-order valence-electron chi connectivity index (χ0n) is 9.65. The highest BCUT2D eigenvalue weighted by Gasteiger charge is 2.27. The second kappa shape index (κ2) is 5.32. The van der Waals surface area contributed by atoms with Crippen molar-refractivity contribution in [1.82, 2.24) is 5.32 Å². The van der Waals surface area contributed by atoms with E-state index >= 15 is 0 Å². The van der Waals surface area contributed by atoms with Crippen molar-refractivity contribution in [2.24, 2.45) is 5.92 Å². The van der Waals surface area contributed by atoms with Crippen LogP contribution < -0.4 is 10.1 Å². The quantitative estimate of drug-likeness (QED) is 0.816. The van der Waals surface area contributed by atoms with E-state index in [1.807, 2.05) is 18.2 Å². The molecule has 16 heavy (non-hydrogen) atoms. The van der Waals surface area contributed by atoms with E-state index in [0.29, 0.717) is 5.92 Å². The first kappa shape index (κ1) is 11.4. The molecule has 0 saturated carbocycles. The van der Waals surface area contributed by atoms with E-state index in [0.717, 1.165) is 30.7 Å². The number of piperidine rings is 1. The normalized spacial score (nSPS) is 25.4. The van der Waals surface area contributed by atoms with Gasteiger partial charge in [-0.05, 0) is 25.5 Å². The van der Waals surface area contributed by atoms with Gasteiger partial charge in [-0.3, -0.25) is 0 Å². The summed E-state index contributed by atoms with van der Waals surface area (Å²) in [6.45, 7) is 1.24. The monoisotopic (exact) mass is 221 g/mol. The fraction of sp³-hybridized carbons (Fsp3) is 0.538. The molecule has 0 spiro atoms. The highest BCUT2D eigenvalue weighted by atomic mass is 16.5. The lowest BCUT2D eigenvalue weighted by Gasteiger charge is -2.32. The maximum atomic E-state index is 9.41. The molecule has 88 valence electrons. The minimum absolute atomic E-state index is 0.217. The first-order chi connectivity index (χ1) is 7.86. The lowest BCUT2D eigenvalue weighted by molar-refractivity contribution is 0.158. The molecule has 1 aromatic rings. The molecule has 0 aromatic heterocycles. The maximum Gasteiger partial charge on any atom is 0.123 e. The van der Waals surface area contributed by atoms with Crippen molar-refractivity contribution in [2.75, 3.05) is 20.3 Å². The minimum Gasteiger partial charge on any atom is -0.496 e. The Morgan fingerprint density at radius 3 is 3.00 bits per heavy atom. The molecule has 1 aliphatic rings. The molecule has 1 fully saturated rings. The van der Waals surface area contributed by atoms with E-state index in [-0.39, 0.29) is 12.6 Å². The third-order valence-electron chi connectivity index (χ3n) is 3.30. The fourth-order valence-corrected chi connectivity index (χ4v) is 2.44. The summed E-state index contributed by atoms with van der Waals surface area (Å²) in [7, 11) is 1.69. The topological polar surface area (TPSA) is 41.5 Å². The van der Waals surface area contributed by atoms with Crippen molar-refractivity contribution in [3.8, 4) is 5.75 Å². The summed E-state index contributed by atoms with van der Waals surface area (Å²) >= 11 is 0. The molecule has 1 heterocycles. The second-order valence-corrected chi connectivity index (χ2v) is 4.26. The van der Waals surface area contributed by atoms with Crippen LogP contribution in [0.4, 0.5) is 0 Å². The van der Waals surface area contributed by atoms with Crippen LogP contribution in [0.3, 0.4) is 0 Å². The molecule has 3 nitrogen and oxygen atoms in total. The highest BCUT2D eigenvalue weighted by molar-refractivity contribution is 5.36. The Morgan fingerprint density at radius 2 is 2.25 bits per heavy atom. The molecule has 2 rings (SSSR count). The smallest absolute Gasteiger partial charge is 0.123 e. The fourth-order valence-electron chi connectivity index (χ4n) is 2.44. The number of aliphatic hydroxyl groups excluding tert-OH is 1. The molecule has 0 aliphatic carbocycles. The Balaban J connectivity index is 2.26. The summed E-state index contributed by atoms with van der Waals surface area (Å²) in [6.07, 6.45) is 2.21. The van der Waals surface area contributed by atoms with Gasteiger partial charge in [-0.15, -0.1) is 0 Å².